The van der Waals surface area contributed by atoms with Gasteiger partial charge in [-0.15, -0.1) is 0 Å². The number of hydrogen-bond donors (Lipinski definition) is 2. The highest BCUT2D eigenvalue weighted by molar-refractivity contribution is 7.92. The van der Waals surface area contributed by atoms with Crippen LogP contribution in [0.4, 0.5) is 0 Å². The fourth-order valence-corrected chi connectivity index (χ4v) is 1.94. The quantitative estimate of drug-likeness (QED) is 0.668. The average molecular weight is 261 g/mol. The Hall–Kier alpha value is -1.37. The number of amides is 1. The second kappa shape index (κ2) is 4.87. The maximum atomic E-state index is 11.6. The van der Waals surface area contributed by atoms with Gasteiger partial charge in [-0.25, -0.2) is 8.42 Å². The van der Waals surface area contributed by atoms with Crippen molar-refractivity contribution in [2.45, 2.75) is 24.6 Å². The third-order valence-electron chi connectivity index (χ3n) is 2.74. The molecule has 6 nitrogen and oxygen atoms in total. The zero-order chi connectivity index (χ0) is 13.2. The van der Waals surface area contributed by atoms with E-state index in [1.54, 1.807) is 6.08 Å². The molecule has 0 aromatic heterocycles. The Morgan fingerprint density at radius 1 is 1.41 bits per heavy atom. The number of carboxylic acids is 1. The van der Waals surface area contributed by atoms with E-state index >= 15 is 0 Å². The minimum absolute atomic E-state index is 0.261. The van der Waals surface area contributed by atoms with Gasteiger partial charge in [-0.2, -0.15) is 0 Å². The Balaban J connectivity index is 2.56. The van der Waals surface area contributed by atoms with Crippen LogP contribution in [0.15, 0.2) is 12.2 Å². The van der Waals surface area contributed by atoms with Crippen LogP contribution in [0.5, 0.6) is 0 Å². The van der Waals surface area contributed by atoms with Gasteiger partial charge >= 0.3 is 5.97 Å². The Morgan fingerprint density at radius 3 is 2.41 bits per heavy atom. The molecule has 0 aromatic rings. The fraction of sp³-hybridized carbons (Fsp3) is 0.600. The predicted molar refractivity (Wildman–Crippen MR) is 61.1 cm³/mol. The lowest BCUT2D eigenvalue weighted by molar-refractivity contribution is -0.140. The molecule has 0 aliphatic heterocycles. The van der Waals surface area contributed by atoms with Crippen LogP contribution in [0, 0.1) is 5.92 Å². The first-order chi connectivity index (χ1) is 7.71. The van der Waals surface area contributed by atoms with E-state index in [0.29, 0.717) is 0 Å². The number of aliphatic carboxylic acids is 1. The van der Waals surface area contributed by atoms with Gasteiger partial charge in [0.25, 0.3) is 0 Å². The first-order valence-electron chi connectivity index (χ1n) is 5.12. The third-order valence-corrected chi connectivity index (χ3v) is 4.24. The van der Waals surface area contributed by atoms with Crippen LogP contribution in [0.2, 0.25) is 0 Å². The van der Waals surface area contributed by atoms with Crippen LogP contribution in [0.1, 0.15) is 13.3 Å². The van der Waals surface area contributed by atoms with E-state index in [1.807, 2.05) is 0 Å². The lowest BCUT2D eigenvalue weighted by atomic mass is 10.1. The van der Waals surface area contributed by atoms with Gasteiger partial charge in [0, 0.05) is 12.3 Å². The van der Waals surface area contributed by atoms with Crippen molar-refractivity contribution in [1.29, 1.82) is 0 Å². The van der Waals surface area contributed by atoms with Crippen molar-refractivity contribution >= 4 is 21.7 Å². The van der Waals surface area contributed by atoms with Crippen molar-refractivity contribution in [2.24, 2.45) is 5.92 Å². The van der Waals surface area contributed by atoms with Crippen molar-refractivity contribution in [3.63, 3.8) is 0 Å². The summed E-state index contributed by atoms with van der Waals surface area (Å²) in [6.45, 7) is 1.30. The van der Waals surface area contributed by atoms with E-state index in [4.69, 9.17) is 5.11 Å². The van der Waals surface area contributed by atoms with Crippen LogP contribution < -0.4 is 5.32 Å². The number of nitrogens with one attached hydrogen (secondary N) is 1. The molecule has 0 aromatic carbocycles. The summed E-state index contributed by atoms with van der Waals surface area (Å²) in [5.74, 6) is -2.17. The number of rotatable bonds is 4. The number of sulfone groups is 1. The van der Waals surface area contributed by atoms with Crippen molar-refractivity contribution in [3.05, 3.63) is 12.2 Å². The van der Waals surface area contributed by atoms with Crippen LogP contribution in [0.3, 0.4) is 0 Å². The molecule has 0 radical (unpaired) electrons. The van der Waals surface area contributed by atoms with Crippen LogP contribution in [-0.2, 0) is 19.4 Å². The van der Waals surface area contributed by atoms with Crippen molar-refractivity contribution in [3.8, 4) is 0 Å². The largest absolute Gasteiger partial charge is 0.481 e. The lowest BCUT2D eigenvalue weighted by Gasteiger charge is -2.15. The molecule has 1 amide bonds. The number of carboxylic acid groups (broad SMARTS) is 1. The van der Waals surface area contributed by atoms with Gasteiger partial charge in [-0.1, -0.05) is 12.2 Å². The molecule has 17 heavy (non-hydrogen) atoms. The van der Waals surface area contributed by atoms with Crippen LogP contribution >= 0.6 is 0 Å². The first-order valence-corrected chi connectivity index (χ1v) is 7.07. The monoisotopic (exact) mass is 261 g/mol. The molecule has 0 saturated heterocycles. The second-order valence-corrected chi connectivity index (χ2v) is 6.52. The van der Waals surface area contributed by atoms with E-state index in [-0.39, 0.29) is 6.42 Å². The van der Waals surface area contributed by atoms with Gasteiger partial charge in [0.15, 0.2) is 9.84 Å². The predicted octanol–water partition coefficient (Wildman–Crippen LogP) is -0.435. The molecule has 96 valence electrons. The third kappa shape index (κ3) is 3.55. The average Bonchev–Trinajstić information content (AvgIpc) is 2.63. The summed E-state index contributed by atoms with van der Waals surface area (Å²) in [4.78, 5) is 22.2. The Bertz CT molecular complexity index is 453. The smallest absolute Gasteiger partial charge is 0.310 e. The van der Waals surface area contributed by atoms with Gasteiger partial charge in [0.1, 0.15) is 5.25 Å². The molecule has 1 aliphatic rings. The van der Waals surface area contributed by atoms with Crippen molar-refractivity contribution < 1.29 is 23.1 Å². The normalized spacial score (nSPS) is 25.5. The summed E-state index contributed by atoms with van der Waals surface area (Å²) in [6.07, 6.45) is 4.32. The fourth-order valence-electron chi connectivity index (χ4n) is 1.48. The molecule has 0 saturated carbocycles. The summed E-state index contributed by atoms with van der Waals surface area (Å²) in [6, 6.07) is -0.409. The highest BCUT2D eigenvalue weighted by Crippen LogP contribution is 2.18. The summed E-state index contributed by atoms with van der Waals surface area (Å²) >= 11 is 0. The Kier molecular flexibility index (Phi) is 3.92. The first kappa shape index (κ1) is 13.7. The van der Waals surface area contributed by atoms with E-state index in [2.05, 4.69) is 5.32 Å². The van der Waals surface area contributed by atoms with Gasteiger partial charge < -0.3 is 10.4 Å². The zero-order valence-electron chi connectivity index (χ0n) is 9.58. The summed E-state index contributed by atoms with van der Waals surface area (Å²) in [7, 11) is -3.43. The lowest BCUT2D eigenvalue weighted by Crippen LogP contribution is -2.42. The summed E-state index contributed by atoms with van der Waals surface area (Å²) < 4.78 is 22.3. The second-order valence-electron chi connectivity index (χ2n) is 4.15. The van der Waals surface area contributed by atoms with Crippen LogP contribution in [0.25, 0.3) is 0 Å². The van der Waals surface area contributed by atoms with E-state index in [9.17, 15) is 18.0 Å². The highest BCUT2D eigenvalue weighted by Gasteiger charge is 2.29. The molecule has 1 rings (SSSR count). The van der Waals surface area contributed by atoms with E-state index in [0.717, 1.165) is 6.26 Å². The van der Waals surface area contributed by atoms with Gasteiger partial charge in [0.05, 0.1) is 5.92 Å². The molecule has 3 unspecified atom stereocenters. The maximum Gasteiger partial charge on any atom is 0.310 e. The van der Waals surface area contributed by atoms with Gasteiger partial charge in [0.2, 0.25) is 5.91 Å². The van der Waals surface area contributed by atoms with Crippen LogP contribution in [-0.4, -0.2) is 42.9 Å². The Labute approximate surface area is 99.6 Å². The molecule has 0 bridgehead atoms. The molecular weight excluding hydrogens is 246 g/mol. The topological polar surface area (TPSA) is 101 Å². The SMILES string of the molecule is CC(C(=O)NC1C=CC(C(=O)O)C1)S(C)(=O)=O. The minimum atomic E-state index is -3.43. The highest BCUT2D eigenvalue weighted by atomic mass is 32.2. The molecule has 0 heterocycles. The van der Waals surface area contributed by atoms with Crippen molar-refractivity contribution in [2.75, 3.05) is 6.26 Å². The molecule has 7 heteroatoms. The molecule has 0 spiro atoms. The minimum Gasteiger partial charge on any atom is -0.481 e. The molecule has 3 atom stereocenters. The summed E-state index contributed by atoms with van der Waals surface area (Å²) in [5.41, 5.74) is 0. The molecule has 2 N–H and O–H groups in total. The maximum absolute atomic E-state index is 11.6. The number of carbonyl (C=O) groups excluding carboxylic acids is 1. The van der Waals surface area contributed by atoms with Gasteiger partial charge in [-0.05, 0) is 13.3 Å². The van der Waals surface area contributed by atoms with Crippen molar-refractivity contribution in [1.82, 2.24) is 5.32 Å². The van der Waals surface area contributed by atoms with E-state index < -0.39 is 38.9 Å². The number of hydrogen-bond acceptors (Lipinski definition) is 4. The Morgan fingerprint density at radius 2 is 2.00 bits per heavy atom. The molecule has 0 fully saturated rings. The van der Waals surface area contributed by atoms with E-state index in [1.165, 1.54) is 13.0 Å². The zero-order valence-corrected chi connectivity index (χ0v) is 10.4. The number of carbonyl (C=O) groups is 2. The summed E-state index contributed by atoms with van der Waals surface area (Å²) in [5, 5.41) is 10.1. The van der Waals surface area contributed by atoms with Gasteiger partial charge in [-0.3, -0.25) is 9.59 Å². The standard InChI is InChI=1S/C10H15NO5S/c1-6(17(2,15)16)9(12)11-8-4-3-7(5-8)10(13)14/h3-4,6-8H,5H2,1-2H3,(H,11,12)(H,13,14). The molecule has 1 aliphatic carbocycles. The molecular formula is C10H15NO5S.